The molecule has 1 amide bonds. The number of hydrogen-bond donors (Lipinski definition) is 1. The van der Waals surface area contributed by atoms with Gasteiger partial charge in [0.25, 0.3) is 0 Å². The van der Waals surface area contributed by atoms with E-state index in [1.54, 1.807) is 11.3 Å². The first kappa shape index (κ1) is 18.8. The summed E-state index contributed by atoms with van der Waals surface area (Å²) in [6, 6.07) is 16.9. The molecule has 0 radical (unpaired) electrons. The Labute approximate surface area is 171 Å². The van der Waals surface area contributed by atoms with Crippen LogP contribution in [0.15, 0.2) is 60.0 Å². The normalized spacial score (nSPS) is 10.7. The maximum atomic E-state index is 12.3. The zero-order chi connectivity index (χ0) is 20.1. The summed E-state index contributed by atoms with van der Waals surface area (Å²) in [5, 5.41) is 17.8. The molecule has 4 rings (SSSR count). The van der Waals surface area contributed by atoms with Crippen molar-refractivity contribution in [2.45, 2.75) is 20.1 Å². The van der Waals surface area contributed by atoms with Gasteiger partial charge in [0.05, 0.1) is 10.7 Å². The van der Waals surface area contributed by atoms with Crippen LogP contribution in [0, 0.1) is 6.92 Å². The van der Waals surface area contributed by atoms with Gasteiger partial charge in [0, 0.05) is 16.6 Å². The fraction of sp³-hybridized carbons (Fsp3) is 0.150. The van der Waals surface area contributed by atoms with Gasteiger partial charge in [-0.2, -0.15) is 4.80 Å². The van der Waals surface area contributed by atoms with E-state index in [2.05, 4.69) is 25.7 Å². The molecule has 1 N–H and O–H groups in total. The van der Waals surface area contributed by atoms with Gasteiger partial charge in [0.1, 0.15) is 12.3 Å². The van der Waals surface area contributed by atoms with Crippen LogP contribution in [-0.4, -0.2) is 31.1 Å². The fourth-order valence-electron chi connectivity index (χ4n) is 2.65. The molecule has 2 aromatic carbocycles. The number of nitrogens with zero attached hydrogens (tertiary/aromatic N) is 5. The molecule has 9 heteroatoms. The molecule has 0 bridgehead atoms. The Hall–Kier alpha value is -3.59. The molecule has 2 heterocycles. The van der Waals surface area contributed by atoms with Crippen LogP contribution in [0.4, 0.5) is 5.69 Å². The summed E-state index contributed by atoms with van der Waals surface area (Å²) in [5.74, 6) is 0.879. The predicted molar refractivity (Wildman–Crippen MR) is 110 cm³/mol. The second-order valence-electron chi connectivity index (χ2n) is 6.22. The van der Waals surface area contributed by atoms with E-state index < -0.39 is 0 Å². The molecule has 0 unspecified atom stereocenters. The summed E-state index contributed by atoms with van der Waals surface area (Å²) in [5.41, 5.74) is 2.53. The lowest BCUT2D eigenvalue weighted by atomic mass is 10.1. The minimum absolute atomic E-state index is 0.0433. The van der Waals surface area contributed by atoms with E-state index in [1.807, 2.05) is 66.9 Å². The fourth-order valence-corrected chi connectivity index (χ4v) is 3.27. The highest BCUT2D eigenvalue weighted by Gasteiger charge is 2.10. The van der Waals surface area contributed by atoms with E-state index in [0.29, 0.717) is 11.5 Å². The number of amides is 1. The van der Waals surface area contributed by atoms with Crippen LogP contribution < -0.4 is 10.1 Å². The highest BCUT2D eigenvalue weighted by Crippen LogP contribution is 2.24. The number of anilines is 1. The Bertz CT molecular complexity index is 1110. The van der Waals surface area contributed by atoms with Gasteiger partial charge in [-0.1, -0.05) is 30.3 Å². The molecule has 0 saturated heterocycles. The van der Waals surface area contributed by atoms with Crippen molar-refractivity contribution in [3.8, 4) is 17.0 Å². The van der Waals surface area contributed by atoms with Crippen molar-refractivity contribution < 1.29 is 9.53 Å². The van der Waals surface area contributed by atoms with Gasteiger partial charge in [-0.25, -0.2) is 4.98 Å². The lowest BCUT2D eigenvalue weighted by molar-refractivity contribution is -0.117. The summed E-state index contributed by atoms with van der Waals surface area (Å²) < 4.78 is 5.58. The lowest BCUT2D eigenvalue weighted by Crippen LogP contribution is -2.20. The average Bonchev–Trinajstić information content (AvgIpc) is 3.36. The van der Waals surface area contributed by atoms with Crippen molar-refractivity contribution in [2.24, 2.45) is 0 Å². The third kappa shape index (κ3) is 5.02. The second-order valence-corrected chi connectivity index (χ2v) is 7.28. The topological polar surface area (TPSA) is 94.8 Å². The minimum atomic E-state index is -0.246. The zero-order valence-corrected chi connectivity index (χ0v) is 16.5. The molecule has 0 spiro atoms. The highest BCUT2D eigenvalue weighted by atomic mass is 32.1. The number of aryl methyl sites for hydroxylation is 1. The number of rotatable bonds is 7. The smallest absolute Gasteiger partial charge is 0.248 e. The number of ether oxygens (including phenoxy) is 1. The minimum Gasteiger partial charge on any atom is -0.485 e. The Morgan fingerprint density at radius 2 is 2.03 bits per heavy atom. The quantitative estimate of drug-likeness (QED) is 0.506. The SMILES string of the molecule is Cc1nc(-c2cccc(NC(=O)Cn3nnc(COc4ccccc4)n3)c2)cs1. The molecule has 0 aliphatic carbocycles. The molecule has 0 aliphatic rings. The largest absolute Gasteiger partial charge is 0.485 e. The first-order valence-corrected chi connectivity index (χ1v) is 9.80. The summed E-state index contributed by atoms with van der Waals surface area (Å²) in [6.45, 7) is 2.10. The van der Waals surface area contributed by atoms with E-state index in [-0.39, 0.29) is 19.1 Å². The van der Waals surface area contributed by atoms with Crippen molar-refractivity contribution in [1.82, 2.24) is 25.2 Å². The standard InChI is InChI=1S/C20H18N6O2S/c1-14-21-18(13-29-14)15-6-5-7-16(10-15)22-20(27)11-26-24-19(23-25-26)12-28-17-8-3-2-4-9-17/h2-10,13H,11-12H2,1H3,(H,22,27). The molecule has 4 aromatic rings. The van der Waals surface area contributed by atoms with Crippen molar-refractivity contribution in [1.29, 1.82) is 0 Å². The highest BCUT2D eigenvalue weighted by molar-refractivity contribution is 7.09. The van der Waals surface area contributed by atoms with Crippen molar-refractivity contribution in [2.75, 3.05) is 5.32 Å². The molecule has 8 nitrogen and oxygen atoms in total. The van der Waals surface area contributed by atoms with Crippen LogP contribution in [0.5, 0.6) is 5.75 Å². The van der Waals surface area contributed by atoms with Gasteiger partial charge >= 0.3 is 0 Å². The summed E-state index contributed by atoms with van der Waals surface area (Å²) in [4.78, 5) is 18.1. The molecule has 0 fully saturated rings. The summed E-state index contributed by atoms with van der Waals surface area (Å²) in [7, 11) is 0. The maximum Gasteiger partial charge on any atom is 0.248 e. The molecule has 2 aromatic heterocycles. The van der Waals surface area contributed by atoms with Gasteiger partial charge in [0.15, 0.2) is 6.61 Å². The van der Waals surface area contributed by atoms with Gasteiger partial charge in [-0.3, -0.25) is 4.79 Å². The van der Waals surface area contributed by atoms with Crippen LogP contribution in [0.3, 0.4) is 0 Å². The number of aromatic nitrogens is 5. The summed E-state index contributed by atoms with van der Waals surface area (Å²) >= 11 is 1.59. The lowest BCUT2D eigenvalue weighted by Gasteiger charge is -2.06. The Kier molecular flexibility index (Phi) is 5.57. The first-order chi connectivity index (χ1) is 14.2. The molecule has 0 aliphatic heterocycles. The number of carbonyl (C=O) groups excluding carboxylic acids is 1. The van der Waals surface area contributed by atoms with Crippen molar-refractivity contribution in [3.05, 3.63) is 70.8 Å². The van der Waals surface area contributed by atoms with Gasteiger partial charge < -0.3 is 10.1 Å². The van der Waals surface area contributed by atoms with E-state index in [0.717, 1.165) is 22.0 Å². The monoisotopic (exact) mass is 406 g/mol. The van der Waals surface area contributed by atoms with E-state index in [4.69, 9.17) is 4.74 Å². The summed E-state index contributed by atoms with van der Waals surface area (Å²) in [6.07, 6.45) is 0. The molecule has 0 atom stereocenters. The van der Waals surface area contributed by atoms with Gasteiger partial charge in [-0.15, -0.1) is 21.5 Å². The average molecular weight is 406 g/mol. The van der Waals surface area contributed by atoms with Crippen LogP contribution in [0.1, 0.15) is 10.8 Å². The molecular weight excluding hydrogens is 388 g/mol. The number of benzene rings is 2. The number of para-hydroxylation sites is 1. The predicted octanol–water partition coefficient (Wildman–Crippen LogP) is 3.32. The molecule has 29 heavy (non-hydrogen) atoms. The van der Waals surface area contributed by atoms with Crippen LogP contribution in [0.2, 0.25) is 0 Å². The number of hydrogen-bond acceptors (Lipinski definition) is 7. The van der Waals surface area contributed by atoms with E-state index >= 15 is 0 Å². The molecule has 0 saturated carbocycles. The maximum absolute atomic E-state index is 12.3. The van der Waals surface area contributed by atoms with Crippen LogP contribution >= 0.6 is 11.3 Å². The Morgan fingerprint density at radius 3 is 2.83 bits per heavy atom. The van der Waals surface area contributed by atoms with Crippen LogP contribution in [0.25, 0.3) is 11.3 Å². The second kappa shape index (κ2) is 8.61. The number of carbonyl (C=O) groups is 1. The van der Waals surface area contributed by atoms with E-state index in [1.165, 1.54) is 4.80 Å². The zero-order valence-electron chi connectivity index (χ0n) is 15.6. The third-order valence-electron chi connectivity index (χ3n) is 3.95. The number of nitrogens with one attached hydrogen (secondary N) is 1. The molecular formula is C20H18N6O2S. The third-order valence-corrected chi connectivity index (χ3v) is 4.73. The van der Waals surface area contributed by atoms with Gasteiger partial charge in [-0.05, 0) is 36.4 Å². The Balaban J connectivity index is 1.34. The van der Waals surface area contributed by atoms with Crippen LogP contribution in [-0.2, 0) is 17.9 Å². The van der Waals surface area contributed by atoms with Crippen molar-refractivity contribution in [3.63, 3.8) is 0 Å². The van der Waals surface area contributed by atoms with E-state index in [9.17, 15) is 4.79 Å². The molecule has 146 valence electrons. The number of thiazole rings is 1. The first-order valence-electron chi connectivity index (χ1n) is 8.93. The number of tetrazole rings is 1. The van der Waals surface area contributed by atoms with Gasteiger partial charge in [0.2, 0.25) is 11.7 Å². The van der Waals surface area contributed by atoms with Crippen molar-refractivity contribution >= 4 is 22.9 Å². The Morgan fingerprint density at radius 1 is 1.17 bits per heavy atom.